The van der Waals surface area contributed by atoms with E-state index < -0.39 is 6.10 Å². The summed E-state index contributed by atoms with van der Waals surface area (Å²) in [6, 6.07) is 8.04. The molecule has 1 amide bonds. The van der Waals surface area contributed by atoms with Crippen molar-refractivity contribution in [2.45, 2.75) is 38.4 Å². The lowest BCUT2D eigenvalue weighted by atomic mass is 10.1. The molecule has 1 aromatic rings. The van der Waals surface area contributed by atoms with Crippen LogP contribution in [0, 0.1) is 6.92 Å². The Bertz CT molecular complexity index is 487. The topological polar surface area (TPSA) is 49.8 Å². The summed E-state index contributed by atoms with van der Waals surface area (Å²) in [6.45, 7) is 3.36. The van der Waals surface area contributed by atoms with E-state index in [-0.39, 0.29) is 12.0 Å². The highest BCUT2D eigenvalue weighted by atomic mass is 32.2. The maximum atomic E-state index is 12.1. The van der Waals surface area contributed by atoms with Gasteiger partial charge in [-0.2, -0.15) is 11.8 Å². The molecule has 1 atom stereocenters. The monoisotopic (exact) mass is 323 g/mol. The van der Waals surface area contributed by atoms with Crippen LogP contribution in [0.3, 0.4) is 0 Å². The summed E-state index contributed by atoms with van der Waals surface area (Å²) >= 11 is 1.65. The molecular weight excluding hydrogens is 298 g/mol. The summed E-state index contributed by atoms with van der Waals surface area (Å²) in [5.74, 6) is 1.56. The normalized spacial score (nSPS) is 17.3. The standard InChI is InChI=1S/C17H25NO3S/c1-13-4-3-5-15(12-13)21-14-6-9-18(10-7-14)17(20)16(19)8-11-22-2/h3-5,12,14,16,19H,6-11H2,1-2H3. The smallest absolute Gasteiger partial charge is 0.251 e. The van der Waals surface area contributed by atoms with Gasteiger partial charge in [-0.25, -0.2) is 0 Å². The Kier molecular flexibility index (Phi) is 6.58. The van der Waals surface area contributed by atoms with Gasteiger partial charge in [0.05, 0.1) is 0 Å². The quantitative estimate of drug-likeness (QED) is 0.874. The molecule has 1 fully saturated rings. The van der Waals surface area contributed by atoms with Crippen LogP contribution in [-0.4, -0.2) is 53.2 Å². The van der Waals surface area contributed by atoms with Crippen LogP contribution in [-0.2, 0) is 4.79 Å². The van der Waals surface area contributed by atoms with Gasteiger partial charge in [0.15, 0.2) is 0 Å². The first kappa shape index (κ1) is 17.2. The third-order valence-corrected chi connectivity index (χ3v) is 4.57. The lowest BCUT2D eigenvalue weighted by molar-refractivity contribution is -0.142. The number of thioether (sulfide) groups is 1. The van der Waals surface area contributed by atoms with E-state index in [1.165, 1.54) is 5.56 Å². The molecule has 0 spiro atoms. The number of benzene rings is 1. The summed E-state index contributed by atoms with van der Waals surface area (Å²) in [7, 11) is 0. The van der Waals surface area contributed by atoms with Gasteiger partial charge in [0.25, 0.3) is 5.91 Å². The van der Waals surface area contributed by atoms with Crippen molar-refractivity contribution in [3.63, 3.8) is 0 Å². The SMILES string of the molecule is CSCCC(O)C(=O)N1CCC(Oc2cccc(C)c2)CC1. The second kappa shape index (κ2) is 8.44. The number of piperidine rings is 1. The third kappa shape index (κ3) is 4.92. The van der Waals surface area contributed by atoms with Gasteiger partial charge in [0.2, 0.25) is 0 Å². The predicted molar refractivity (Wildman–Crippen MR) is 90.4 cm³/mol. The first-order valence-corrected chi connectivity index (χ1v) is 9.18. The van der Waals surface area contributed by atoms with Gasteiger partial charge in [-0.15, -0.1) is 0 Å². The molecule has 22 heavy (non-hydrogen) atoms. The van der Waals surface area contributed by atoms with Crippen LogP contribution in [0.2, 0.25) is 0 Å². The van der Waals surface area contributed by atoms with Crippen LogP contribution in [0.4, 0.5) is 0 Å². The van der Waals surface area contributed by atoms with Crippen LogP contribution in [0.25, 0.3) is 0 Å². The molecule has 5 heteroatoms. The van der Waals surface area contributed by atoms with E-state index >= 15 is 0 Å². The summed E-state index contributed by atoms with van der Waals surface area (Å²) in [6.07, 6.45) is 3.42. The number of aryl methyl sites for hydroxylation is 1. The Balaban J connectivity index is 1.79. The molecular formula is C17H25NO3S. The number of rotatable bonds is 6. The van der Waals surface area contributed by atoms with Crippen molar-refractivity contribution in [1.29, 1.82) is 0 Å². The Labute approximate surface area is 136 Å². The summed E-state index contributed by atoms with van der Waals surface area (Å²) in [5.41, 5.74) is 1.18. The van der Waals surface area contributed by atoms with Crippen LogP contribution in [0.1, 0.15) is 24.8 Å². The molecule has 0 saturated carbocycles. The average molecular weight is 323 g/mol. The van der Waals surface area contributed by atoms with Crippen molar-refractivity contribution >= 4 is 17.7 Å². The maximum absolute atomic E-state index is 12.1. The Morgan fingerprint density at radius 1 is 1.45 bits per heavy atom. The summed E-state index contributed by atoms with van der Waals surface area (Å²) in [4.78, 5) is 13.9. The molecule has 1 saturated heterocycles. The van der Waals surface area contributed by atoms with Crippen molar-refractivity contribution in [1.82, 2.24) is 4.90 Å². The number of aliphatic hydroxyl groups excluding tert-OH is 1. The van der Waals surface area contributed by atoms with E-state index in [1.807, 2.05) is 37.4 Å². The van der Waals surface area contributed by atoms with Gasteiger partial charge in [0, 0.05) is 25.9 Å². The number of amides is 1. The molecule has 0 aliphatic carbocycles. The zero-order valence-electron chi connectivity index (χ0n) is 13.3. The number of aliphatic hydroxyl groups is 1. The van der Waals surface area contributed by atoms with E-state index in [9.17, 15) is 9.90 Å². The molecule has 0 bridgehead atoms. The molecule has 1 N–H and O–H groups in total. The van der Waals surface area contributed by atoms with Crippen molar-refractivity contribution in [2.24, 2.45) is 0 Å². The van der Waals surface area contributed by atoms with E-state index in [0.717, 1.165) is 24.3 Å². The number of likely N-dealkylation sites (tertiary alicyclic amines) is 1. The van der Waals surface area contributed by atoms with Crippen molar-refractivity contribution in [3.05, 3.63) is 29.8 Å². The highest BCUT2D eigenvalue weighted by Gasteiger charge is 2.27. The van der Waals surface area contributed by atoms with Gasteiger partial charge in [0.1, 0.15) is 18.0 Å². The van der Waals surface area contributed by atoms with Crippen LogP contribution in [0.5, 0.6) is 5.75 Å². The fourth-order valence-electron chi connectivity index (χ4n) is 2.64. The zero-order chi connectivity index (χ0) is 15.9. The van der Waals surface area contributed by atoms with Gasteiger partial charge >= 0.3 is 0 Å². The number of nitrogens with zero attached hydrogens (tertiary/aromatic N) is 1. The second-order valence-corrected chi connectivity index (χ2v) is 6.74. The van der Waals surface area contributed by atoms with Crippen LogP contribution in [0.15, 0.2) is 24.3 Å². The average Bonchev–Trinajstić information content (AvgIpc) is 2.52. The molecule has 2 rings (SSSR count). The second-order valence-electron chi connectivity index (χ2n) is 5.76. The summed E-state index contributed by atoms with van der Waals surface area (Å²) < 4.78 is 5.99. The maximum Gasteiger partial charge on any atom is 0.251 e. The largest absolute Gasteiger partial charge is 0.490 e. The summed E-state index contributed by atoms with van der Waals surface area (Å²) in [5, 5.41) is 9.90. The fourth-order valence-corrected chi connectivity index (χ4v) is 3.10. The molecule has 4 nitrogen and oxygen atoms in total. The van der Waals surface area contributed by atoms with Gasteiger partial charge in [-0.1, -0.05) is 12.1 Å². The van der Waals surface area contributed by atoms with E-state index in [1.54, 1.807) is 16.7 Å². The van der Waals surface area contributed by atoms with Crippen LogP contribution >= 0.6 is 11.8 Å². The molecule has 1 heterocycles. The number of ether oxygens (including phenoxy) is 1. The Morgan fingerprint density at radius 3 is 2.82 bits per heavy atom. The third-order valence-electron chi connectivity index (χ3n) is 3.93. The zero-order valence-corrected chi connectivity index (χ0v) is 14.1. The Morgan fingerprint density at radius 2 is 2.18 bits per heavy atom. The van der Waals surface area contributed by atoms with Crippen molar-refractivity contribution in [3.8, 4) is 5.75 Å². The van der Waals surface area contributed by atoms with Gasteiger partial charge in [-0.05, 0) is 43.0 Å². The minimum absolute atomic E-state index is 0.136. The van der Waals surface area contributed by atoms with E-state index in [0.29, 0.717) is 19.5 Å². The van der Waals surface area contributed by atoms with Crippen molar-refractivity contribution < 1.29 is 14.6 Å². The van der Waals surface area contributed by atoms with Gasteiger partial charge in [-0.3, -0.25) is 4.79 Å². The minimum Gasteiger partial charge on any atom is -0.490 e. The number of carbonyl (C=O) groups is 1. The number of hydrogen-bond acceptors (Lipinski definition) is 4. The first-order valence-electron chi connectivity index (χ1n) is 7.79. The van der Waals surface area contributed by atoms with Gasteiger partial charge < -0.3 is 14.7 Å². The highest BCUT2D eigenvalue weighted by Crippen LogP contribution is 2.20. The molecule has 1 aliphatic heterocycles. The fraction of sp³-hybridized carbons (Fsp3) is 0.588. The number of hydrogen-bond donors (Lipinski definition) is 1. The van der Waals surface area contributed by atoms with Crippen LogP contribution < -0.4 is 4.74 Å². The lowest BCUT2D eigenvalue weighted by Crippen LogP contribution is -2.46. The molecule has 0 radical (unpaired) electrons. The van der Waals surface area contributed by atoms with Crippen molar-refractivity contribution in [2.75, 3.05) is 25.1 Å². The lowest BCUT2D eigenvalue weighted by Gasteiger charge is -2.33. The first-order chi connectivity index (χ1) is 10.6. The highest BCUT2D eigenvalue weighted by molar-refractivity contribution is 7.98. The minimum atomic E-state index is -0.860. The molecule has 1 unspecified atom stereocenters. The molecule has 1 aromatic carbocycles. The number of carbonyl (C=O) groups excluding carboxylic acids is 1. The Hall–Kier alpha value is -1.20. The molecule has 1 aliphatic rings. The van der Waals surface area contributed by atoms with E-state index in [2.05, 4.69) is 0 Å². The van der Waals surface area contributed by atoms with E-state index in [4.69, 9.17) is 4.74 Å². The predicted octanol–water partition coefficient (Wildman–Crippen LogP) is 2.48. The molecule has 122 valence electrons. The molecule has 0 aromatic heterocycles.